The van der Waals surface area contributed by atoms with E-state index in [0.29, 0.717) is 11.4 Å². The van der Waals surface area contributed by atoms with Crippen molar-refractivity contribution >= 4 is 11.7 Å². The molecule has 19 heavy (non-hydrogen) atoms. The molecule has 2 aromatic heterocycles. The predicted molar refractivity (Wildman–Crippen MR) is 70.2 cm³/mol. The Balaban J connectivity index is 2.08. The molecule has 0 saturated heterocycles. The molecular formula is C13H11N5O. The van der Waals surface area contributed by atoms with Gasteiger partial charge in [-0.1, -0.05) is 11.8 Å². The van der Waals surface area contributed by atoms with Gasteiger partial charge in [-0.05, 0) is 24.3 Å². The SMILES string of the molecule is NCC#Cc1ccc(C(=O)Nc2cccnn2)nc1. The molecule has 0 saturated carbocycles. The highest BCUT2D eigenvalue weighted by Gasteiger charge is 2.07. The number of amides is 1. The van der Waals surface area contributed by atoms with Crippen LogP contribution in [0.5, 0.6) is 0 Å². The van der Waals surface area contributed by atoms with Crippen molar-refractivity contribution in [2.75, 3.05) is 11.9 Å². The van der Waals surface area contributed by atoms with Crippen LogP contribution in [-0.2, 0) is 0 Å². The third-order valence-corrected chi connectivity index (χ3v) is 2.14. The van der Waals surface area contributed by atoms with Crippen molar-refractivity contribution in [1.82, 2.24) is 15.2 Å². The molecular weight excluding hydrogens is 242 g/mol. The first-order valence-corrected chi connectivity index (χ1v) is 5.53. The second kappa shape index (κ2) is 6.23. The molecule has 0 aliphatic carbocycles. The van der Waals surface area contributed by atoms with Crippen LogP contribution >= 0.6 is 0 Å². The van der Waals surface area contributed by atoms with Crippen molar-refractivity contribution in [2.45, 2.75) is 0 Å². The number of pyridine rings is 1. The van der Waals surface area contributed by atoms with E-state index in [4.69, 9.17) is 5.73 Å². The maximum atomic E-state index is 11.8. The van der Waals surface area contributed by atoms with Gasteiger partial charge in [-0.2, -0.15) is 5.10 Å². The fourth-order valence-electron chi connectivity index (χ4n) is 1.30. The highest BCUT2D eigenvalue weighted by molar-refractivity contribution is 6.02. The zero-order chi connectivity index (χ0) is 13.5. The van der Waals surface area contributed by atoms with Crippen LogP contribution in [0, 0.1) is 11.8 Å². The molecule has 94 valence electrons. The second-order valence-electron chi connectivity index (χ2n) is 3.50. The van der Waals surface area contributed by atoms with Crippen LogP contribution in [0.3, 0.4) is 0 Å². The highest BCUT2D eigenvalue weighted by Crippen LogP contribution is 2.03. The smallest absolute Gasteiger partial charge is 0.275 e. The zero-order valence-electron chi connectivity index (χ0n) is 10.00. The number of hydrogen-bond acceptors (Lipinski definition) is 5. The lowest BCUT2D eigenvalue weighted by atomic mass is 10.2. The molecule has 0 aliphatic rings. The van der Waals surface area contributed by atoms with Crippen molar-refractivity contribution in [2.24, 2.45) is 5.73 Å². The fraction of sp³-hybridized carbons (Fsp3) is 0.0769. The van der Waals surface area contributed by atoms with Gasteiger partial charge in [0.25, 0.3) is 5.91 Å². The molecule has 3 N–H and O–H groups in total. The summed E-state index contributed by atoms with van der Waals surface area (Å²) in [5.41, 5.74) is 6.26. The molecule has 2 heterocycles. The summed E-state index contributed by atoms with van der Waals surface area (Å²) in [7, 11) is 0. The third kappa shape index (κ3) is 3.59. The lowest BCUT2D eigenvalue weighted by molar-refractivity contribution is 0.102. The monoisotopic (exact) mass is 253 g/mol. The molecule has 0 atom stereocenters. The fourth-order valence-corrected chi connectivity index (χ4v) is 1.30. The minimum absolute atomic E-state index is 0.281. The first kappa shape index (κ1) is 12.7. The molecule has 6 nitrogen and oxygen atoms in total. The standard InChI is InChI=1S/C13H11N5O/c14-7-1-3-10-5-6-11(15-9-10)13(19)17-12-4-2-8-16-18-12/h2,4-6,8-9H,7,14H2,(H,17,18,19). The summed E-state index contributed by atoms with van der Waals surface area (Å²) in [6, 6.07) is 6.63. The molecule has 2 rings (SSSR count). The number of nitrogens with zero attached hydrogens (tertiary/aromatic N) is 3. The lowest BCUT2D eigenvalue weighted by Crippen LogP contribution is -2.14. The quantitative estimate of drug-likeness (QED) is 0.757. The molecule has 0 bridgehead atoms. The Morgan fingerprint density at radius 2 is 2.26 bits per heavy atom. The van der Waals surface area contributed by atoms with Crippen LogP contribution in [0.15, 0.2) is 36.7 Å². The topological polar surface area (TPSA) is 93.8 Å². The Labute approximate surface area is 110 Å². The third-order valence-electron chi connectivity index (χ3n) is 2.14. The number of aromatic nitrogens is 3. The van der Waals surface area contributed by atoms with E-state index in [0.717, 1.165) is 0 Å². The molecule has 0 unspecified atom stereocenters. The van der Waals surface area contributed by atoms with Crippen molar-refractivity contribution in [3.8, 4) is 11.8 Å². The Morgan fingerprint density at radius 1 is 1.37 bits per heavy atom. The molecule has 1 amide bonds. The van der Waals surface area contributed by atoms with Gasteiger partial charge in [-0.15, -0.1) is 5.10 Å². The molecule has 6 heteroatoms. The van der Waals surface area contributed by atoms with Gasteiger partial charge in [-0.25, -0.2) is 4.98 Å². The summed E-state index contributed by atoms with van der Waals surface area (Å²) >= 11 is 0. The number of nitrogens with one attached hydrogen (secondary N) is 1. The summed E-state index contributed by atoms with van der Waals surface area (Å²) < 4.78 is 0. The van der Waals surface area contributed by atoms with Gasteiger partial charge in [0.05, 0.1) is 6.54 Å². The first-order valence-electron chi connectivity index (χ1n) is 5.53. The van der Waals surface area contributed by atoms with Gasteiger partial charge >= 0.3 is 0 Å². The van der Waals surface area contributed by atoms with E-state index >= 15 is 0 Å². The number of anilines is 1. The van der Waals surface area contributed by atoms with Gasteiger partial charge < -0.3 is 11.1 Å². The largest absolute Gasteiger partial charge is 0.320 e. The van der Waals surface area contributed by atoms with Crippen LogP contribution in [-0.4, -0.2) is 27.6 Å². The molecule has 0 radical (unpaired) electrons. The van der Waals surface area contributed by atoms with Crippen LogP contribution in [0.2, 0.25) is 0 Å². The second-order valence-corrected chi connectivity index (χ2v) is 3.50. The number of rotatable bonds is 2. The number of nitrogens with two attached hydrogens (primary N) is 1. The Hall–Kier alpha value is -2.78. The van der Waals surface area contributed by atoms with Gasteiger partial charge in [0.2, 0.25) is 0 Å². The summed E-state index contributed by atoms with van der Waals surface area (Å²) in [4.78, 5) is 15.9. The van der Waals surface area contributed by atoms with E-state index < -0.39 is 0 Å². The van der Waals surface area contributed by atoms with E-state index in [9.17, 15) is 4.79 Å². The van der Waals surface area contributed by atoms with Crippen molar-refractivity contribution < 1.29 is 4.79 Å². The van der Waals surface area contributed by atoms with Gasteiger partial charge in [0.15, 0.2) is 5.82 Å². The first-order chi connectivity index (χ1) is 9.29. The van der Waals surface area contributed by atoms with Crippen LogP contribution in [0.1, 0.15) is 16.1 Å². The molecule has 0 aliphatic heterocycles. The Kier molecular flexibility index (Phi) is 4.16. The van der Waals surface area contributed by atoms with Crippen LogP contribution in [0.4, 0.5) is 5.82 Å². The molecule has 0 aromatic carbocycles. The predicted octanol–water partition coefficient (Wildman–Crippen LogP) is 0.434. The van der Waals surface area contributed by atoms with E-state index in [-0.39, 0.29) is 18.1 Å². The minimum Gasteiger partial charge on any atom is -0.320 e. The number of carbonyl (C=O) groups excluding carboxylic acids is 1. The molecule has 2 aromatic rings. The van der Waals surface area contributed by atoms with E-state index in [1.54, 1.807) is 24.3 Å². The maximum absolute atomic E-state index is 11.8. The van der Waals surface area contributed by atoms with Crippen LogP contribution in [0.25, 0.3) is 0 Å². The normalized spacial score (nSPS) is 9.32. The van der Waals surface area contributed by atoms with Crippen molar-refractivity contribution in [3.63, 3.8) is 0 Å². The minimum atomic E-state index is -0.348. The lowest BCUT2D eigenvalue weighted by Gasteiger charge is -2.02. The maximum Gasteiger partial charge on any atom is 0.275 e. The number of carbonyl (C=O) groups is 1. The van der Waals surface area contributed by atoms with Gasteiger partial charge in [0.1, 0.15) is 5.69 Å². The highest BCUT2D eigenvalue weighted by atomic mass is 16.1. The summed E-state index contributed by atoms with van der Waals surface area (Å²) in [5, 5.41) is 10.0. The van der Waals surface area contributed by atoms with E-state index in [1.807, 2.05) is 0 Å². The summed E-state index contributed by atoms with van der Waals surface area (Å²) in [5.74, 6) is 5.57. The van der Waals surface area contributed by atoms with Crippen molar-refractivity contribution in [1.29, 1.82) is 0 Å². The van der Waals surface area contributed by atoms with Gasteiger partial charge in [0, 0.05) is 18.0 Å². The Bertz CT molecular complexity index is 613. The van der Waals surface area contributed by atoms with Crippen LogP contribution < -0.4 is 11.1 Å². The zero-order valence-corrected chi connectivity index (χ0v) is 10.00. The molecule has 0 fully saturated rings. The van der Waals surface area contributed by atoms with E-state index in [1.165, 1.54) is 12.4 Å². The summed E-state index contributed by atoms with van der Waals surface area (Å²) in [6.07, 6.45) is 3.05. The number of hydrogen-bond donors (Lipinski definition) is 2. The average molecular weight is 253 g/mol. The Morgan fingerprint density at radius 3 is 2.89 bits per heavy atom. The van der Waals surface area contributed by atoms with E-state index in [2.05, 4.69) is 32.3 Å². The van der Waals surface area contributed by atoms with Gasteiger partial charge in [-0.3, -0.25) is 4.79 Å². The average Bonchev–Trinajstić information content (AvgIpc) is 2.46. The molecule has 0 spiro atoms. The van der Waals surface area contributed by atoms with Crippen molar-refractivity contribution in [3.05, 3.63) is 47.9 Å². The summed E-state index contributed by atoms with van der Waals surface area (Å²) in [6.45, 7) is 0.287.